The number of rotatable bonds is 7. The van der Waals surface area contributed by atoms with Crippen LogP contribution in [-0.2, 0) is 28.6 Å². The van der Waals surface area contributed by atoms with E-state index in [1.807, 2.05) is 0 Å². The summed E-state index contributed by atoms with van der Waals surface area (Å²) < 4.78 is 14.4. The standard InChI is InChI=1S/C14H18O6/c1-8(2)12(15)18-7-11(19-13(16)9(3)4)20-14(17)10(5)6/h11H,1,3,5,7H2,2,4,6H3. The summed E-state index contributed by atoms with van der Waals surface area (Å²) in [6.45, 7) is 14.1. The van der Waals surface area contributed by atoms with Crippen LogP contribution in [0.4, 0.5) is 0 Å². The molecule has 0 unspecified atom stereocenters. The van der Waals surface area contributed by atoms with Crippen LogP contribution < -0.4 is 0 Å². The van der Waals surface area contributed by atoms with Crippen molar-refractivity contribution in [1.29, 1.82) is 0 Å². The highest BCUT2D eigenvalue weighted by Crippen LogP contribution is 2.06. The lowest BCUT2D eigenvalue weighted by atomic mass is 10.3. The lowest BCUT2D eigenvalue weighted by Gasteiger charge is -2.18. The van der Waals surface area contributed by atoms with E-state index in [-0.39, 0.29) is 16.7 Å². The highest BCUT2D eigenvalue weighted by Gasteiger charge is 2.22. The zero-order valence-corrected chi connectivity index (χ0v) is 11.9. The number of hydrogen-bond donors (Lipinski definition) is 0. The van der Waals surface area contributed by atoms with E-state index in [4.69, 9.17) is 14.2 Å². The summed E-state index contributed by atoms with van der Waals surface area (Å²) >= 11 is 0. The first-order valence-electron chi connectivity index (χ1n) is 5.70. The van der Waals surface area contributed by atoms with E-state index in [0.717, 1.165) is 0 Å². The SMILES string of the molecule is C=C(C)C(=O)OCC(OC(=O)C(=C)C)OC(=O)C(=C)C. The van der Waals surface area contributed by atoms with Crippen LogP contribution in [0.3, 0.4) is 0 Å². The fourth-order valence-corrected chi connectivity index (χ4v) is 0.799. The summed E-state index contributed by atoms with van der Waals surface area (Å²) in [5.74, 6) is -2.22. The highest BCUT2D eigenvalue weighted by molar-refractivity contribution is 5.89. The fourth-order valence-electron chi connectivity index (χ4n) is 0.799. The predicted octanol–water partition coefficient (Wildman–Crippen LogP) is 1.67. The molecule has 0 saturated carbocycles. The molecule has 0 saturated heterocycles. The largest absolute Gasteiger partial charge is 0.454 e. The lowest BCUT2D eigenvalue weighted by Crippen LogP contribution is -2.30. The number of carbonyl (C=O) groups is 3. The molecule has 0 aliphatic carbocycles. The summed E-state index contributed by atoms with van der Waals surface area (Å²) in [7, 11) is 0. The third kappa shape index (κ3) is 6.53. The van der Waals surface area contributed by atoms with E-state index in [1.165, 1.54) is 20.8 Å². The summed E-state index contributed by atoms with van der Waals surface area (Å²) in [4.78, 5) is 34.0. The molecule has 0 rings (SSSR count). The Morgan fingerprint density at radius 1 is 0.800 bits per heavy atom. The van der Waals surface area contributed by atoms with E-state index in [9.17, 15) is 14.4 Å². The van der Waals surface area contributed by atoms with E-state index >= 15 is 0 Å². The molecule has 0 N–H and O–H groups in total. The van der Waals surface area contributed by atoms with Crippen molar-refractivity contribution in [3.63, 3.8) is 0 Å². The Bertz CT molecular complexity index is 432. The molecule has 0 heterocycles. The Labute approximate surface area is 117 Å². The predicted molar refractivity (Wildman–Crippen MR) is 71.4 cm³/mol. The second-order valence-corrected chi connectivity index (χ2v) is 4.18. The quantitative estimate of drug-likeness (QED) is 0.401. The summed E-state index contributed by atoms with van der Waals surface area (Å²) in [5, 5.41) is 0. The van der Waals surface area contributed by atoms with Crippen LogP contribution in [-0.4, -0.2) is 30.8 Å². The van der Waals surface area contributed by atoms with Crippen molar-refractivity contribution in [3.8, 4) is 0 Å². The van der Waals surface area contributed by atoms with Gasteiger partial charge in [0.1, 0.15) is 0 Å². The van der Waals surface area contributed by atoms with Crippen LogP contribution in [0.15, 0.2) is 36.5 Å². The first-order valence-corrected chi connectivity index (χ1v) is 5.70. The molecular weight excluding hydrogens is 264 g/mol. The zero-order valence-electron chi connectivity index (χ0n) is 11.9. The number of ether oxygens (including phenoxy) is 3. The lowest BCUT2D eigenvalue weighted by molar-refractivity contribution is -0.193. The summed E-state index contributed by atoms with van der Waals surface area (Å²) in [5.41, 5.74) is 0.404. The molecule has 6 heteroatoms. The van der Waals surface area contributed by atoms with Gasteiger partial charge in [-0.15, -0.1) is 0 Å². The van der Waals surface area contributed by atoms with E-state index in [0.29, 0.717) is 0 Å². The Balaban J connectivity index is 4.70. The van der Waals surface area contributed by atoms with Gasteiger partial charge in [-0.25, -0.2) is 14.4 Å². The Kier molecular flexibility index (Phi) is 6.99. The van der Waals surface area contributed by atoms with Crippen LogP contribution in [0.2, 0.25) is 0 Å². The first kappa shape index (κ1) is 17.6. The third-order valence-electron chi connectivity index (χ3n) is 1.87. The van der Waals surface area contributed by atoms with Crippen LogP contribution in [0.5, 0.6) is 0 Å². The normalized spacial score (nSPS) is 9.60. The minimum Gasteiger partial charge on any atom is -0.454 e. The Morgan fingerprint density at radius 2 is 1.15 bits per heavy atom. The van der Waals surface area contributed by atoms with E-state index in [1.54, 1.807) is 0 Å². The maximum Gasteiger partial charge on any atom is 0.336 e. The van der Waals surface area contributed by atoms with Crippen molar-refractivity contribution in [1.82, 2.24) is 0 Å². The molecule has 0 aromatic carbocycles. The summed E-state index contributed by atoms with van der Waals surface area (Å²) in [6, 6.07) is 0. The van der Waals surface area contributed by atoms with Gasteiger partial charge in [0.05, 0.1) is 0 Å². The molecule has 0 aliphatic heterocycles. The van der Waals surface area contributed by atoms with Gasteiger partial charge in [-0.1, -0.05) is 19.7 Å². The van der Waals surface area contributed by atoms with Crippen molar-refractivity contribution in [2.24, 2.45) is 0 Å². The maximum atomic E-state index is 11.4. The van der Waals surface area contributed by atoms with Crippen molar-refractivity contribution in [3.05, 3.63) is 36.5 Å². The molecular formula is C14H18O6. The molecule has 0 bridgehead atoms. The Hall–Kier alpha value is -2.37. The second kappa shape index (κ2) is 7.93. The van der Waals surface area contributed by atoms with Crippen molar-refractivity contribution in [2.75, 3.05) is 6.61 Å². The van der Waals surface area contributed by atoms with E-state index in [2.05, 4.69) is 19.7 Å². The fraction of sp³-hybridized carbons (Fsp3) is 0.357. The van der Waals surface area contributed by atoms with Gasteiger partial charge in [-0.2, -0.15) is 0 Å². The third-order valence-corrected chi connectivity index (χ3v) is 1.87. The molecule has 0 atom stereocenters. The molecule has 0 aliphatic rings. The smallest absolute Gasteiger partial charge is 0.336 e. The Morgan fingerprint density at radius 3 is 1.45 bits per heavy atom. The molecule has 0 fully saturated rings. The topological polar surface area (TPSA) is 78.9 Å². The second-order valence-electron chi connectivity index (χ2n) is 4.18. The van der Waals surface area contributed by atoms with Crippen molar-refractivity contribution in [2.45, 2.75) is 27.1 Å². The van der Waals surface area contributed by atoms with E-state index < -0.39 is 30.8 Å². The maximum absolute atomic E-state index is 11.4. The van der Waals surface area contributed by atoms with Crippen LogP contribution >= 0.6 is 0 Å². The number of carbonyl (C=O) groups excluding carboxylic acids is 3. The summed E-state index contributed by atoms with van der Waals surface area (Å²) in [6.07, 6.45) is -1.37. The van der Waals surface area contributed by atoms with Gasteiger partial charge in [-0.3, -0.25) is 0 Å². The van der Waals surface area contributed by atoms with Crippen molar-refractivity contribution >= 4 is 17.9 Å². The van der Waals surface area contributed by atoms with Crippen LogP contribution in [0.1, 0.15) is 20.8 Å². The van der Waals surface area contributed by atoms with Gasteiger partial charge >= 0.3 is 17.9 Å². The minimum absolute atomic E-state index is 0.118. The number of esters is 3. The van der Waals surface area contributed by atoms with Gasteiger partial charge in [0.15, 0.2) is 6.61 Å². The molecule has 0 amide bonds. The molecule has 0 aromatic heterocycles. The highest BCUT2D eigenvalue weighted by atomic mass is 16.7. The van der Waals surface area contributed by atoms with Crippen LogP contribution in [0.25, 0.3) is 0 Å². The van der Waals surface area contributed by atoms with Crippen LogP contribution in [0, 0.1) is 0 Å². The van der Waals surface area contributed by atoms with Gasteiger partial charge in [0.2, 0.25) is 0 Å². The zero-order chi connectivity index (χ0) is 15.9. The van der Waals surface area contributed by atoms with Gasteiger partial charge in [0.25, 0.3) is 6.29 Å². The molecule has 0 radical (unpaired) electrons. The van der Waals surface area contributed by atoms with Gasteiger partial charge < -0.3 is 14.2 Å². The molecule has 0 aromatic rings. The molecule has 6 nitrogen and oxygen atoms in total. The van der Waals surface area contributed by atoms with Crippen molar-refractivity contribution < 1.29 is 28.6 Å². The minimum atomic E-state index is -1.37. The monoisotopic (exact) mass is 282 g/mol. The van der Waals surface area contributed by atoms with Gasteiger partial charge in [-0.05, 0) is 20.8 Å². The molecule has 20 heavy (non-hydrogen) atoms. The van der Waals surface area contributed by atoms with Gasteiger partial charge in [0, 0.05) is 16.7 Å². The first-order chi connectivity index (χ1) is 9.15. The average molecular weight is 282 g/mol. The number of hydrogen-bond acceptors (Lipinski definition) is 6. The molecule has 0 spiro atoms. The average Bonchev–Trinajstić information content (AvgIpc) is 2.34. The molecule has 110 valence electrons.